The van der Waals surface area contributed by atoms with Gasteiger partial charge in [0.05, 0.1) is 12.2 Å². The fourth-order valence-corrected chi connectivity index (χ4v) is 4.59. The Balaban J connectivity index is 1.26. The molecule has 2 aromatic carbocycles. The summed E-state index contributed by atoms with van der Waals surface area (Å²) in [6, 6.07) is 13.0. The second-order valence-corrected chi connectivity index (χ2v) is 8.93. The number of anilines is 1. The maximum absolute atomic E-state index is 13.4. The lowest BCUT2D eigenvalue weighted by Crippen LogP contribution is -2.46. The quantitative estimate of drug-likeness (QED) is 0.409. The molecule has 0 aliphatic carbocycles. The van der Waals surface area contributed by atoms with E-state index in [-0.39, 0.29) is 11.6 Å². The van der Waals surface area contributed by atoms with Gasteiger partial charge in [0.15, 0.2) is 5.82 Å². The predicted molar refractivity (Wildman–Crippen MR) is 132 cm³/mol. The molecular weight excluding hydrogens is 446 g/mol. The van der Waals surface area contributed by atoms with Gasteiger partial charge < -0.3 is 4.90 Å². The molecule has 0 saturated carbocycles. The highest BCUT2D eigenvalue weighted by molar-refractivity contribution is 5.72. The number of nitrogens with zero attached hydrogens (tertiary/aromatic N) is 6. The van der Waals surface area contributed by atoms with E-state index >= 15 is 0 Å². The van der Waals surface area contributed by atoms with Gasteiger partial charge in [-0.3, -0.25) is 14.6 Å². The van der Waals surface area contributed by atoms with Crippen molar-refractivity contribution in [3.63, 3.8) is 0 Å². The Labute approximate surface area is 203 Å². The van der Waals surface area contributed by atoms with E-state index in [0.717, 1.165) is 66.8 Å². The first-order valence-electron chi connectivity index (χ1n) is 11.8. The van der Waals surface area contributed by atoms with Gasteiger partial charge in [-0.05, 0) is 55.8 Å². The molecule has 180 valence electrons. The van der Waals surface area contributed by atoms with E-state index in [0.29, 0.717) is 6.54 Å². The normalized spacial score (nSPS) is 14.5. The molecule has 1 saturated heterocycles. The fourth-order valence-electron chi connectivity index (χ4n) is 4.59. The highest BCUT2D eigenvalue weighted by Gasteiger charge is 2.23. The van der Waals surface area contributed by atoms with Crippen molar-refractivity contribution in [2.24, 2.45) is 0 Å². The van der Waals surface area contributed by atoms with E-state index in [1.54, 1.807) is 36.7 Å². The van der Waals surface area contributed by atoms with Gasteiger partial charge in [0.1, 0.15) is 17.3 Å². The zero-order valence-corrected chi connectivity index (χ0v) is 20.0. The molecule has 0 N–H and O–H groups in total. The van der Waals surface area contributed by atoms with Gasteiger partial charge in [-0.1, -0.05) is 12.1 Å². The van der Waals surface area contributed by atoms with Gasteiger partial charge in [0.25, 0.3) is 0 Å². The van der Waals surface area contributed by atoms with Crippen LogP contribution in [0.4, 0.5) is 14.6 Å². The van der Waals surface area contributed by atoms with Crippen LogP contribution in [0.3, 0.4) is 0 Å². The number of halogens is 2. The number of aromatic nitrogens is 4. The zero-order valence-electron chi connectivity index (χ0n) is 20.0. The lowest BCUT2D eigenvalue weighted by molar-refractivity contribution is 0.248. The van der Waals surface area contributed by atoms with Crippen molar-refractivity contribution in [2.45, 2.75) is 26.9 Å². The molecule has 1 aliphatic rings. The summed E-state index contributed by atoms with van der Waals surface area (Å²) in [5.41, 5.74) is 6.07. The summed E-state index contributed by atoms with van der Waals surface area (Å²) in [6.07, 6.45) is 3.38. The molecule has 0 amide bonds. The first kappa shape index (κ1) is 23.1. The van der Waals surface area contributed by atoms with Crippen molar-refractivity contribution in [3.05, 3.63) is 95.1 Å². The van der Waals surface area contributed by atoms with Crippen LogP contribution in [0.2, 0.25) is 0 Å². The van der Waals surface area contributed by atoms with E-state index in [4.69, 9.17) is 5.10 Å². The third-order valence-corrected chi connectivity index (χ3v) is 6.63. The van der Waals surface area contributed by atoms with Gasteiger partial charge >= 0.3 is 0 Å². The Kier molecular flexibility index (Phi) is 6.55. The van der Waals surface area contributed by atoms with E-state index in [1.807, 2.05) is 11.6 Å². The van der Waals surface area contributed by atoms with Crippen LogP contribution in [-0.4, -0.2) is 50.8 Å². The number of aryl methyl sites for hydroxylation is 1. The molecule has 8 heteroatoms. The topological polar surface area (TPSA) is 50.1 Å². The van der Waals surface area contributed by atoms with E-state index in [2.05, 4.69) is 26.7 Å². The molecule has 0 spiro atoms. The van der Waals surface area contributed by atoms with Gasteiger partial charge in [-0.2, -0.15) is 5.10 Å². The maximum atomic E-state index is 13.4. The van der Waals surface area contributed by atoms with Crippen LogP contribution in [-0.2, 0) is 13.1 Å². The first-order chi connectivity index (χ1) is 17.0. The summed E-state index contributed by atoms with van der Waals surface area (Å²) >= 11 is 0. The minimum absolute atomic E-state index is 0.229. The summed E-state index contributed by atoms with van der Waals surface area (Å²) in [5.74, 6) is 0.339. The average Bonchev–Trinajstić information content (AvgIpc) is 3.14. The minimum atomic E-state index is -0.264. The van der Waals surface area contributed by atoms with Crippen LogP contribution in [0.15, 0.2) is 60.9 Å². The van der Waals surface area contributed by atoms with Crippen LogP contribution >= 0.6 is 0 Å². The molecule has 5 rings (SSSR count). The third kappa shape index (κ3) is 5.07. The van der Waals surface area contributed by atoms with Crippen molar-refractivity contribution in [1.82, 2.24) is 24.6 Å². The van der Waals surface area contributed by atoms with Crippen molar-refractivity contribution >= 4 is 5.82 Å². The lowest BCUT2D eigenvalue weighted by atomic mass is 10.1. The SMILES string of the molecule is Cc1nn(Cc2ccc(F)cc2)c(C)c1CN1CCN(c2nccnc2-c2ccc(F)cc2)CC1. The largest absolute Gasteiger partial charge is 0.352 e. The molecule has 6 nitrogen and oxygen atoms in total. The Morgan fingerprint density at radius 1 is 0.771 bits per heavy atom. The van der Waals surface area contributed by atoms with E-state index < -0.39 is 0 Å². The predicted octanol–water partition coefficient (Wildman–Crippen LogP) is 4.61. The van der Waals surface area contributed by atoms with Crippen molar-refractivity contribution in [1.29, 1.82) is 0 Å². The zero-order chi connectivity index (χ0) is 24.4. The molecule has 0 radical (unpaired) electrons. The average molecular weight is 475 g/mol. The molecule has 1 aliphatic heterocycles. The Morgan fingerprint density at radius 3 is 2.09 bits per heavy atom. The second kappa shape index (κ2) is 9.92. The number of hydrogen-bond donors (Lipinski definition) is 0. The Morgan fingerprint density at radius 2 is 1.40 bits per heavy atom. The molecule has 35 heavy (non-hydrogen) atoms. The van der Waals surface area contributed by atoms with Crippen LogP contribution in [0.25, 0.3) is 11.3 Å². The van der Waals surface area contributed by atoms with Crippen molar-refractivity contribution < 1.29 is 8.78 Å². The van der Waals surface area contributed by atoms with Crippen molar-refractivity contribution in [3.8, 4) is 11.3 Å². The summed E-state index contributed by atoms with van der Waals surface area (Å²) in [4.78, 5) is 13.8. The Hall–Kier alpha value is -3.65. The molecule has 3 heterocycles. The van der Waals surface area contributed by atoms with E-state index in [1.165, 1.54) is 29.8 Å². The molecule has 1 fully saturated rings. The number of piperazine rings is 1. The fraction of sp³-hybridized carbons (Fsp3) is 0.296. The maximum Gasteiger partial charge on any atom is 0.155 e. The monoisotopic (exact) mass is 474 g/mol. The van der Waals surface area contributed by atoms with Crippen LogP contribution in [0, 0.1) is 25.5 Å². The smallest absolute Gasteiger partial charge is 0.155 e. The molecule has 0 unspecified atom stereocenters. The van der Waals surface area contributed by atoms with Crippen LogP contribution in [0.1, 0.15) is 22.5 Å². The van der Waals surface area contributed by atoms with Crippen molar-refractivity contribution in [2.75, 3.05) is 31.1 Å². The summed E-state index contributed by atoms with van der Waals surface area (Å²) in [6.45, 7) is 9.05. The van der Waals surface area contributed by atoms with Crippen LogP contribution in [0.5, 0.6) is 0 Å². The minimum Gasteiger partial charge on any atom is -0.352 e. The highest BCUT2D eigenvalue weighted by atomic mass is 19.1. The van der Waals surface area contributed by atoms with Crippen LogP contribution < -0.4 is 4.90 Å². The van der Waals surface area contributed by atoms with Gasteiger partial charge in [-0.15, -0.1) is 0 Å². The molecular formula is C27H28F2N6. The third-order valence-electron chi connectivity index (χ3n) is 6.63. The van der Waals surface area contributed by atoms with Gasteiger partial charge in [0.2, 0.25) is 0 Å². The standard InChI is InChI=1S/C27H28F2N6/c1-19-25(20(2)35(32-19)17-21-3-7-23(28)8-4-21)18-33-13-15-34(16-14-33)27-26(30-11-12-31-27)22-5-9-24(29)10-6-22/h3-12H,13-18H2,1-2H3. The number of benzene rings is 2. The Bertz CT molecular complexity index is 1290. The van der Waals surface area contributed by atoms with Gasteiger partial charge in [0, 0.05) is 61.9 Å². The highest BCUT2D eigenvalue weighted by Crippen LogP contribution is 2.28. The summed E-state index contributed by atoms with van der Waals surface area (Å²) < 4.78 is 28.6. The lowest BCUT2D eigenvalue weighted by Gasteiger charge is -2.36. The van der Waals surface area contributed by atoms with E-state index in [9.17, 15) is 8.78 Å². The molecule has 2 aromatic heterocycles. The summed E-state index contributed by atoms with van der Waals surface area (Å²) in [5, 5.41) is 4.75. The van der Waals surface area contributed by atoms with Gasteiger partial charge in [-0.25, -0.2) is 13.8 Å². The first-order valence-corrected chi connectivity index (χ1v) is 11.8. The molecule has 0 bridgehead atoms. The molecule has 4 aromatic rings. The molecule has 0 atom stereocenters. The summed E-state index contributed by atoms with van der Waals surface area (Å²) in [7, 11) is 0. The number of hydrogen-bond acceptors (Lipinski definition) is 5. The number of rotatable bonds is 6. The second-order valence-electron chi connectivity index (χ2n) is 8.93.